The number of anilines is 1. The summed E-state index contributed by atoms with van der Waals surface area (Å²) in [5, 5.41) is 12.4. The molecule has 0 radical (unpaired) electrons. The molecule has 1 atom stereocenters. The molecule has 1 saturated heterocycles. The van der Waals surface area contributed by atoms with Crippen molar-refractivity contribution in [1.29, 1.82) is 0 Å². The molecule has 2 N–H and O–H groups in total. The molecule has 1 aromatic rings. The van der Waals surface area contributed by atoms with Crippen molar-refractivity contribution in [2.45, 2.75) is 38.9 Å². The van der Waals surface area contributed by atoms with Crippen molar-refractivity contribution < 1.29 is 14.6 Å². The minimum atomic E-state index is -0.493. The Labute approximate surface area is 125 Å². The fourth-order valence-corrected chi connectivity index (χ4v) is 2.51. The summed E-state index contributed by atoms with van der Waals surface area (Å²) < 4.78 is 5.58. The molecule has 0 spiro atoms. The molecule has 1 unspecified atom stereocenters. The minimum absolute atomic E-state index is 0.0743. The topological polar surface area (TPSA) is 61.8 Å². The smallest absolute Gasteiger partial charge is 0.321 e. The van der Waals surface area contributed by atoms with E-state index in [-0.39, 0.29) is 12.1 Å². The van der Waals surface area contributed by atoms with Gasteiger partial charge in [0.1, 0.15) is 0 Å². The molecular weight excluding hydrogens is 268 g/mol. The molecule has 0 bridgehead atoms. The van der Waals surface area contributed by atoms with Crippen molar-refractivity contribution >= 4 is 11.7 Å². The second-order valence-corrected chi connectivity index (χ2v) is 5.37. The number of aliphatic hydroxyl groups excluding tert-OH is 1. The number of aliphatic hydroxyl groups is 1. The molecule has 2 rings (SSSR count). The molecule has 1 aliphatic rings. The number of nitrogens with zero attached hydrogens (tertiary/aromatic N) is 1. The third kappa shape index (κ3) is 4.44. The number of likely N-dealkylation sites (tertiary alicyclic amines) is 1. The van der Waals surface area contributed by atoms with Crippen molar-refractivity contribution in [3.8, 4) is 0 Å². The van der Waals surface area contributed by atoms with Crippen LogP contribution in [0.1, 0.15) is 38.4 Å². The van der Waals surface area contributed by atoms with Crippen LogP contribution in [-0.2, 0) is 4.74 Å². The first-order chi connectivity index (χ1) is 10.1. The molecule has 116 valence electrons. The summed E-state index contributed by atoms with van der Waals surface area (Å²) in [6, 6.07) is 7.19. The van der Waals surface area contributed by atoms with Gasteiger partial charge in [0.15, 0.2) is 0 Å². The van der Waals surface area contributed by atoms with Gasteiger partial charge in [0, 0.05) is 25.4 Å². The lowest BCUT2D eigenvalue weighted by atomic mass is 10.1. The Morgan fingerprint density at radius 1 is 1.38 bits per heavy atom. The summed E-state index contributed by atoms with van der Waals surface area (Å²) in [6.07, 6.45) is 1.57. The van der Waals surface area contributed by atoms with Crippen LogP contribution in [0.5, 0.6) is 0 Å². The van der Waals surface area contributed by atoms with Crippen LogP contribution in [0.3, 0.4) is 0 Å². The SMILES string of the molecule is CCOC1CCN(C(=O)Nc2ccc(C(C)O)cc2)CC1. The van der Waals surface area contributed by atoms with E-state index in [4.69, 9.17) is 4.74 Å². The molecule has 0 aliphatic carbocycles. The maximum Gasteiger partial charge on any atom is 0.321 e. The van der Waals surface area contributed by atoms with Crippen LogP contribution in [0.2, 0.25) is 0 Å². The van der Waals surface area contributed by atoms with Crippen molar-refractivity contribution in [1.82, 2.24) is 4.90 Å². The molecule has 5 heteroatoms. The van der Waals surface area contributed by atoms with Gasteiger partial charge in [-0.1, -0.05) is 12.1 Å². The summed E-state index contributed by atoms with van der Waals surface area (Å²) in [7, 11) is 0. The Morgan fingerprint density at radius 2 is 2.00 bits per heavy atom. The lowest BCUT2D eigenvalue weighted by Crippen LogP contribution is -2.43. The first-order valence-corrected chi connectivity index (χ1v) is 7.55. The fraction of sp³-hybridized carbons (Fsp3) is 0.562. The lowest BCUT2D eigenvalue weighted by molar-refractivity contribution is 0.0232. The maximum absolute atomic E-state index is 12.2. The summed E-state index contributed by atoms with van der Waals surface area (Å²) in [4.78, 5) is 14.0. The van der Waals surface area contributed by atoms with Crippen molar-refractivity contribution in [2.75, 3.05) is 25.0 Å². The molecule has 1 aromatic carbocycles. The zero-order valence-corrected chi connectivity index (χ0v) is 12.7. The van der Waals surface area contributed by atoms with Gasteiger partial charge < -0.3 is 20.1 Å². The number of urea groups is 1. The van der Waals surface area contributed by atoms with Gasteiger partial charge in [-0.25, -0.2) is 4.79 Å². The Kier molecular flexibility index (Phi) is 5.59. The lowest BCUT2D eigenvalue weighted by Gasteiger charge is -2.31. The van der Waals surface area contributed by atoms with Crippen LogP contribution < -0.4 is 5.32 Å². The minimum Gasteiger partial charge on any atom is -0.389 e. The summed E-state index contributed by atoms with van der Waals surface area (Å²) >= 11 is 0. The molecule has 1 fully saturated rings. The van der Waals surface area contributed by atoms with Gasteiger partial charge in [0.25, 0.3) is 0 Å². The normalized spacial score (nSPS) is 17.6. The van der Waals surface area contributed by atoms with Crippen LogP contribution >= 0.6 is 0 Å². The number of hydrogen-bond donors (Lipinski definition) is 2. The number of benzene rings is 1. The molecule has 2 amide bonds. The van der Waals surface area contributed by atoms with Gasteiger partial charge >= 0.3 is 6.03 Å². The van der Waals surface area contributed by atoms with Crippen molar-refractivity contribution in [2.24, 2.45) is 0 Å². The average Bonchev–Trinajstić information content (AvgIpc) is 2.49. The van der Waals surface area contributed by atoms with Gasteiger partial charge in [0.2, 0.25) is 0 Å². The number of piperidine rings is 1. The molecule has 0 aromatic heterocycles. The van der Waals surface area contributed by atoms with E-state index in [2.05, 4.69) is 5.32 Å². The Balaban J connectivity index is 1.84. The fourth-order valence-electron chi connectivity index (χ4n) is 2.51. The summed E-state index contributed by atoms with van der Waals surface area (Å²) in [5.41, 5.74) is 1.59. The third-order valence-corrected chi connectivity index (χ3v) is 3.78. The largest absolute Gasteiger partial charge is 0.389 e. The molecular formula is C16H24N2O3. The van der Waals surface area contributed by atoms with Crippen LogP contribution in [0, 0.1) is 0 Å². The van der Waals surface area contributed by atoms with Gasteiger partial charge in [-0.2, -0.15) is 0 Å². The predicted octanol–water partition coefficient (Wildman–Crippen LogP) is 2.77. The van der Waals surface area contributed by atoms with Gasteiger partial charge in [0.05, 0.1) is 12.2 Å². The van der Waals surface area contributed by atoms with Crippen LogP contribution in [-0.4, -0.2) is 41.8 Å². The Hall–Kier alpha value is -1.59. The number of nitrogens with one attached hydrogen (secondary N) is 1. The van der Waals surface area contributed by atoms with E-state index in [0.717, 1.165) is 43.8 Å². The predicted molar refractivity (Wildman–Crippen MR) is 82.3 cm³/mol. The van der Waals surface area contributed by atoms with Gasteiger partial charge in [-0.05, 0) is 44.4 Å². The Bertz CT molecular complexity index is 451. The van der Waals surface area contributed by atoms with E-state index in [1.165, 1.54) is 0 Å². The van der Waals surface area contributed by atoms with E-state index in [1.807, 2.05) is 36.1 Å². The zero-order chi connectivity index (χ0) is 15.2. The van der Waals surface area contributed by atoms with Crippen molar-refractivity contribution in [3.05, 3.63) is 29.8 Å². The highest BCUT2D eigenvalue weighted by atomic mass is 16.5. The highest BCUT2D eigenvalue weighted by Gasteiger charge is 2.22. The molecule has 1 aliphatic heterocycles. The number of amides is 2. The van der Waals surface area contributed by atoms with Crippen LogP contribution in [0.4, 0.5) is 10.5 Å². The highest BCUT2D eigenvalue weighted by molar-refractivity contribution is 5.89. The van der Waals surface area contributed by atoms with Crippen LogP contribution in [0.15, 0.2) is 24.3 Å². The van der Waals surface area contributed by atoms with E-state index in [0.29, 0.717) is 0 Å². The second kappa shape index (κ2) is 7.43. The van der Waals surface area contributed by atoms with Gasteiger partial charge in [-0.3, -0.25) is 0 Å². The summed E-state index contributed by atoms with van der Waals surface area (Å²) in [6.45, 7) is 5.89. The second-order valence-electron chi connectivity index (χ2n) is 5.37. The number of carbonyl (C=O) groups is 1. The maximum atomic E-state index is 12.2. The van der Waals surface area contributed by atoms with E-state index >= 15 is 0 Å². The van der Waals surface area contributed by atoms with E-state index in [1.54, 1.807) is 6.92 Å². The summed E-state index contributed by atoms with van der Waals surface area (Å²) in [5.74, 6) is 0. The Morgan fingerprint density at radius 3 is 2.52 bits per heavy atom. The number of carbonyl (C=O) groups excluding carboxylic acids is 1. The average molecular weight is 292 g/mol. The monoisotopic (exact) mass is 292 g/mol. The first-order valence-electron chi connectivity index (χ1n) is 7.55. The van der Waals surface area contributed by atoms with E-state index in [9.17, 15) is 9.90 Å². The number of hydrogen-bond acceptors (Lipinski definition) is 3. The van der Waals surface area contributed by atoms with Gasteiger partial charge in [-0.15, -0.1) is 0 Å². The molecule has 5 nitrogen and oxygen atoms in total. The molecule has 1 heterocycles. The molecule has 0 saturated carbocycles. The number of ether oxygens (including phenoxy) is 1. The first kappa shape index (κ1) is 15.8. The third-order valence-electron chi connectivity index (χ3n) is 3.78. The molecule has 21 heavy (non-hydrogen) atoms. The zero-order valence-electron chi connectivity index (χ0n) is 12.7. The van der Waals surface area contributed by atoms with E-state index < -0.39 is 6.10 Å². The highest BCUT2D eigenvalue weighted by Crippen LogP contribution is 2.18. The quantitative estimate of drug-likeness (QED) is 0.897. The standard InChI is InChI=1S/C16H24N2O3/c1-3-21-15-8-10-18(11-9-15)16(20)17-14-6-4-13(5-7-14)12(2)19/h4-7,12,15,19H,3,8-11H2,1-2H3,(H,17,20). The number of rotatable bonds is 4. The van der Waals surface area contributed by atoms with Crippen LogP contribution in [0.25, 0.3) is 0 Å². The van der Waals surface area contributed by atoms with Crippen molar-refractivity contribution in [3.63, 3.8) is 0 Å².